The molecule has 0 unspecified atom stereocenters. The van der Waals surface area contributed by atoms with Gasteiger partial charge in [-0.05, 0) is 37.4 Å². The average molecular weight is 239 g/mol. The van der Waals surface area contributed by atoms with Crippen molar-refractivity contribution in [3.05, 3.63) is 6.42 Å². The van der Waals surface area contributed by atoms with Gasteiger partial charge >= 0.3 is 0 Å². The molecule has 0 aliphatic rings. The molecule has 0 heterocycles. The third-order valence-corrected chi connectivity index (χ3v) is 7.84. The van der Waals surface area contributed by atoms with E-state index in [1.54, 1.807) is 0 Å². The van der Waals surface area contributed by atoms with Crippen molar-refractivity contribution < 1.29 is 4.43 Å². The van der Waals surface area contributed by atoms with Gasteiger partial charge in [0.2, 0.25) is 0 Å². The van der Waals surface area contributed by atoms with Crippen molar-refractivity contribution in [3.8, 4) is 12.3 Å². The molecule has 0 amide bonds. The summed E-state index contributed by atoms with van der Waals surface area (Å²) in [5.74, 6) is 2.78. The Labute approximate surface area is 103 Å². The molecule has 16 heavy (non-hydrogen) atoms. The van der Waals surface area contributed by atoms with E-state index in [4.69, 9.17) is 10.8 Å². The zero-order chi connectivity index (χ0) is 12.8. The van der Waals surface area contributed by atoms with E-state index in [9.17, 15) is 0 Å². The van der Waals surface area contributed by atoms with E-state index in [2.05, 4.69) is 53.1 Å². The van der Waals surface area contributed by atoms with Crippen LogP contribution in [0.1, 0.15) is 47.0 Å². The average Bonchev–Trinajstić information content (AvgIpc) is 2.14. The van der Waals surface area contributed by atoms with Gasteiger partial charge in [0.15, 0.2) is 8.32 Å². The Kier molecular flexibility index (Phi) is 6.36. The highest BCUT2D eigenvalue weighted by Gasteiger charge is 2.38. The summed E-state index contributed by atoms with van der Waals surface area (Å²) in [5, 5.41) is 0.233. The maximum absolute atomic E-state index is 6.18. The molecule has 0 spiro atoms. The Morgan fingerprint density at radius 3 is 2.31 bits per heavy atom. The fraction of sp³-hybridized carbons (Fsp3) is 0.786. The van der Waals surface area contributed by atoms with Gasteiger partial charge in [-0.3, -0.25) is 0 Å². The van der Waals surface area contributed by atoms with Crippen molar-refractivity contribution >= 4 is 8.32 Å². The highest BCUT2D eigenvalue weighted by molar-refractivity contribution is 6.74. The van der Waals surface area contributed by atoms with E-state index in [0.717, 1.165) is 19.3 Å². The van der Waals surface area contributed by atoms with E-state index >= 15 is 0 Å². The molecule has 0 rings (SSSR count). The predicted molar refractivity (Wildman–Crippen MR) is 74.7 cm³/mol. The molecule has 0 aromatic carbocycles. The summed E-state index contributed by atoms with van der Waals surface area (Å²) < 4.78 is 6.18. The first-order valence-corrected chi connectivity index (χ1v) is 9.11. The third kappa shape index (κ3) is 5.18. The van der Waals surface area contributed by atoms with Crippen LogP contribution in [0.4, 0.5) is 0 Å². The first-order chi connectivity index (χ1) is 7.24. The molecule has 1 nitrogen and oxygen atoms in total. The van der Waals surface area contributed by atoms with Gasteiger partial charge < -0.3 is 4.43 Å². The fourth-order valence-electron chi connectivity index (χ4n) is 1.18. The standard InChI is InChI=1S/C14H27OSi/c1-8-10-11-12-13(9-2)15-16(6,7)14(3,4)5/h2,10,13H,8,11-12H2,1,3-7H3/t13-/m1/s1. The second kappa shape index (κ2) is 6.47. The van der Waals surface area contributed by atoms with Gasteiger partial charge in [0, 0.05) is 0 Å². The molecule has 2 heteroatoms. The lowest BCUT2D eigenvalue weighted by molar-refractivity contribution is 0.223. The second-order valence-electron chi connectivity index (χ2n) is 5.81. The van der Waals surface area contributed by atoms with Crippen molar-refractivity contribution in [2.24, 2.45) is 0 Å². The van der Waals surface area contributed by atoms with Crippen LogP contribution in [-0.4, -0.2) is 14.4 Å². The zero-order valence-corrected chi connectivity index (χ0v) is 12.8. The van der Waals surface area contributed by atoms with E-state index < -0.39 is 8.32 Å². The number of terminal acetylenes is 1. The van der Waals surface area contributed by atoms with E-state index in [1.165, 1.54) is 0 Å². The maximum atomic E-state index is 6.18. The molecule has 1 radical (unpaired) electrons. The highest BCUT2D eigenvalue weighted by Crippen LogP contribution is 2.37. The van der Waals surface area contributed by atoms with E-state index in [-0.39, 0.29) is 11.1 Å². The lowest BCUT2D eigenvalue weighted by Crippen LogP contribution is -2.43. The Morgan fingerprint density at radius 2 is 1.94 bits per heavy atom. The number of unbranched alkanes of at least 4 members (excludes halogenated alkanes) is 2. The molecule has 1 atom stereocenters. The second-order valence-corrected chi connectivity index (χ2v) is 10.6. The van der Waals surface area contributed by atoms with Crippen LogP contribution in [0.5, 0.6) is 0 Å². The summed E-state index contributed by atoms with van der Waals surface area (Å²) in [4.78, 5) is 0. The summed E-state index contributed by atoms with van der Waals surface area (Å²) >= 11 is 0. The molecule has 0 aliphatic heterocycles. The summed E-state index contributed by atoms with van der Waals surface area (Å²) in [6.07, 6.45) is 10.9. The van der Waals surface area contributed by atoms with Gasteiger partial charge in [0.05, 0.1) is 0 Å². The van der Waals surface area contributed by atoms with Crippen molar-refractivity contribution in [1.29, 1.82) is 0 Å². The van der Waals surface area contributed by atoms with Crippen LogP contribution in [-0.2, 0) is 4.43 Å². The smallest absolute Gasteiger partial charge is 0.193 e. The summed E-state index contributed by atoms with van der Waals surface area (Å²) in [6.45, 7) is 13.4. The number of hydrogen-bond donors (Lipinski definition) is 0. The summed E-state index contributed by atoms with van der Waals surface area (Å²) in [6, 6.07) is 0. The lowest BCUT2D eigenvalue weighted by atomic mass is 10.1. The molecular weight excluding hydrogens is 212 g/mol. The van der Waals surface area contributed by atoms with Crippen LogP contribution in [0.2, 0.25) is 18.1 Å². The molecule has 0 aliphatic carbocycles. The van der Waals surface area contributed by atoms with Gasteiger partial charge in [-0.2, -0.15) is 0 Å². The van der Waals surface area contributed by atoms with Crippen LogP contribution < -0.4 is 0 Å². The van der Waals surface area contributed by atoms with Gasteiger partial charge in [-0.1, -0.05) is 40.0 Å². The molecule has 0 bridgehead atoms. The largest absolute Gasteiger partial charge is 0.403 e. The maximum Gasteiger partial charge on any atom is 0.193 e. The van der Waals surface area contributed by atoms with Gasteiger partial charge in [0.25, 0.3) is 0 Å². The quantitative estimate of drug-likeness (QED) is 0.379. The Bertz CT molecular complexity index is 232. The number of rotatable bonds is 6. The van der Waals surface area contributed by atoms with Crippen molar-refractivity contribution in [3.63, 3.8) is 0 Å². The van der Waals surface area contributed by atoms with Crippen LogP contribution in [0.15, 0.2) is 0 Å². The lowest BCUT2D eigenvalue weighted by Gasteiger charge is -2.38. The minimum Gasteiger partial charge on any atom is -0.403 e. The highest BCUT2D eigenvalue weighted by atomic mass is 28.4. The van der Waals surface area contributed by atoms with Gasteiger partial charge in [-0.15, -0.1) is 6.42 Å². The Hall–Kier alpha value is -0.263. The third-order valence-electron chi connectivity index (χ3n) is 3.35. The Morgan fingerprint density at radius 1 is 1.38 bits per heavy atom. The van der Waals surface area contributed by atoms with Crippen molar-refractivity contribution in [2.75, 3.05) is 0 Å². The van der Waals surface area contributed by atoms with E-state index in [0.29, 0.717) is 0 Å². The first kappa shape index (κ1) is 15.7. The zero-order valence-electron chi connectivity index (χ0n) is 11.8. The molecule has 0 saturated heterocycles. The SMILES string of the molecule is C#C[C@H](CC[CH]CC)O[Si](C)(C)C(C)(C)C. The van der Waals surface area contributed by atoms with Gasteiger partial charge in [-0.25, -0.2) is 0 Å². The Balaban J connectivity index is 4.27. The minimum atomic E-state index is -1.71. The molecule has 0 fully saturated rings. The predicted octanol–water partition coefficient (Wildman–Crippen LogP) is 4.40. The molecular formula is C14H27OSi. The van der Waals surface area contributed by atoms with Crippen LogP contribution in [0.3, 0.4) is 0 Å². The van der Waals surface area contributed by atoms with E-state index in [1.807, 2.05) is 0 Å². The molecule has 0 N–H and O–H groups in total. The first-order valence-electron chi connectivity index (χ1n) is 6.20. The minimum absolute atomic E-state index is 0.0105. The van der Waals surface area contributed by atoms with Crippen LogP contribution in [0.25, 0.3) is 0 Å². The van der Waals surface area contributed by atoms with Crippen LogP contribution in [0, 0.1) is 18.8 Å². The van der Waals surface area contributed by atoms with Gasteiger partial charge in [0.1, 0.15) is 6.10 Å². The molecule has 0 saturated carbocycles. The molecule has 0 aromatic heterocycles. The molecule has 93 valence electrons. The summed E-state index contributed by atoms with van der Waals surface area (Å²) in [5.41, 5.74) is 0. The molecule has 0 aromatic rings. The number of hydrogen-bond acceptors (Lipinski definition) is 1. The monoisotopic (exact) mass is 239 g/mol. The van der Waals surface area contributed by atoms with Crippen molar-refractivity contribution in [2.45, 2.75) is 71.2 Å². The fourth-order valence-corrected chi connectivity index (χ4v) is 2.43. The van der Waals surface area contributed by atoms with Crippen molar-refractivity contribution in [1.82, 2.24) is 0 Å². The topological polar surface area (TPSA) is 9.23 Å². The van der Waals surface area contributed by atoms with Crippen LogP contribution >= 0.6 is 0 Å². The normalized spacial score (nSPS) is 14.6. The summed E-state index contributed by atoms with van der Waals surface area (Å²) in [7, 11) is -1.71.